The fourth-order valence-corrected chi connectivity index (χ4v) is 5.04. The first-order chi connectivity index (χ1) is 11.4. The molecule has 138 valence electrons. The molecule has 2 saturated heterocycles. The Morgan fingerprint density at radius 1 is 1.16 bits per heavy atom. The summed E-state index contributed by atoms with van der Waals surface area (Å²) in [6.07, 6.45) is 4.74. The average molecular weight is 364 g/mol. The van der Waals surface area contributed by atoms with Crippen molar-refractivity contribution < 1.29 is 4.79 Å². The summed E-state index contributed by atoms with van der Waals surface area (Å²) in [5, 5.41) is 3.35. The number of fused-ring (bicyclic) bond motifs is 3. The van der Waals surface area contributed by atoms with Gasteiger partial charge in [-0.05, 0) is 51.3 Å². The summed E-state index contributed by atoms with van der Waals surface area (Å²) in [6, 6.07) is 10.2. The summed E-state index contributed by atoms with van der Waals surface area (Å²) in [7, 11) is 2.24. The molecule has 0 spiro atoms. The van der Waals surface area contributed by atoms with Crippen LogP contribution >= 0.6 is 12.4 Å². The van der Waals surface area contributed by atoms with Crippen LogP contribution in [0.3, 0.4) is 0 Å². The number of anilines is 1. The number of hydrogen-bond acceptors (Lipinski definition) is 2. The highest BCUT2D eigenvalue weighted by atomic mass is 35.5. The van der Waals surface area contributed by atoms with Crippen LogP contribution in [0, 0.1) is 0 Å². The van der Waals surface area contributed by atoms with E-state index in [-0.39, 0.29) is 29.9 Å². The van der Waals surface area contributed by atoms with Crippen molar-refractivity contribution in [2.75, 3.05) is 11.9 Å². The van der Waals surface area contributed by atoms with Crippen molar-refractivity contribution in [2.24, 2.45) is 0 Å². The summed E-state index contributed by atoms with van der Waals surface area (Å²) in [4.78, 5) is 17.6. The number of piperidine rings is 1. The van der Waals surface area contributed by atoms with Crippen molar-refractivity contribution in [3.05, 3.63) is 29.8 Å². The number of nitrogens with zero attached hydrogens (tertiary/aromatic N) is 2. The molecule has 0 saturated carbocycles. The number of hydrogen-bond donors (Lipinski definition) is 1. The first-order valence-electron chi connectivity index (χ1n) is 9.30. The van der Waals surface area contributed by atoms with E-state index < -0.39 is 0 Å². The van der Waals surface area contributed by atoms with Gasteiger partial charge >= 0.3 is 6.03 Å². The molecule has 2 fully saturated rings. The SMILES string of the molecule is CC1N(C(=O)NC2CC3CCC(C2)N3C)c2ccccc2C1(C)C.Cl. The minimum Gasteiger partial charge on any atom is -0.335 e. The second kappa shape index (κ2) is 6.48. The van der Waals surface area contributed by atoms with Gasteiger partial charge in [0.2, 0.25) is 0 Å². The number of benzene rings is 1. The molecule has 4 rings (SSSR count). The molecule has 3 unspecified atom stereocenters. The third-order valence-electron chi connectivity index (χ3n) is 6.93. The highest BCUT2D eigenvalue weighted by molar-refractivity contribution is 5.96. The number of carbonyl (C=O) groups is 1. The Labute approximate surface area is 157 Å². The van der Waals surface area contributed by atoms with E-state index in [0.717, 1.165) is 18.5 Å². The van der Waals surface area contributed by atoms with Crippen LogP contribution in [-0.4, -0.2) is 42.1 Å². The molecule has 1 aromatic carbocycles. The van der Waals surface area contributed by atoms with Crippen molar-refractivity contribution >= 4 is 24.1 Å². The van der Waals surface area contributed by atoms with Crippen LogP contribution in [0.2, 0.25) is 0 Å². The van der Waals surface area contributed by atoms with E-state index in [1.807, 2.05) is 11.0 Å². The summed E-state index contributed by atoms with van der Waals surface area (Å²) < 4.78 is 0. The maximum Gasteiger partial charge on any atom is 0.322 e. The van der Waals surface area contributed by atoms with Crippen molar-refractivity contribution in [3.63, 3.8) is 0 Å². The van der Waals surface area contributed by atoms with E-state index in [9.17, 15) is 4.79 Å². The highest BCUT2D eigenvalue weighted by Gasteiger charge is 2.45. The summed E-state index contributed by atoms with van der Waals surface area (Å²) in [5.41, 5.74) is 2.33. The molecule has 5 heteroatoms. The molecular weight excluding hydrogens is 334 g/mol. The van der Waals surface area contributed by atoms with Crippen molar-refractivity contribution in [3.8, 4) is 0 Å². The molecule has 2 amide bonds. The Morgan fingerprint density at radius 2 is 1.76 bits per heavy atom. The number of amides is 2. The molecule has 0 radical (unpaired) electrons. The van der Waals surface area contributed by atoms with Gasteiger partial charge in [-0.3, -0.25) is 4.90 Å². The van der Waals surface area contributed by atoms with Crippen molar-refractivity contribution in [1.29, 1.82) is 0 Å². The number of halogens is 1. The van der Waals surface area contributed by atoms with E-state index in [1.54, 1.807) is 0 Å². The van der Waals surface area contributed by atoms with E-state index in [4.69, 9.17) is 0 Å². The highest BCUT2D eigenvalue weighted by Crippen LogP contribution is 2.45. The predicted octanol–water partition coefficient (Wildman–Crippen LogP) is 3.93. The van der Waals surface area contributed by atoms with Gasteiger partial charge in [-0.25, -0.2) is 4.79 Å². The maximum atomic E-state index is 13.1. The predicted molar refractivity (Wildman–Crippen MR) is 105 cm³/mol. The number of nitrogens with one attached hydrogen (secondary N) is 1. The van der Waals surface area contributed by atoms with Gasteiger partial charge in [-0.15, -0.1) is 12.4 Å². The molecular formula is C20H30ClN3O. The lowest BCUT2D eigenvalue weighted by molar-refractivity contribution is 0.150. The number of carbonyl (C=O) groups excluding carboxylic acids is 1. The second-order valence-corrected chi connectivity index (χ2v) is 8.45. The van der Waals surface area contributed by atoms with Gasteiger partial charge in [0.15, 0.2) is 0 Å². The summed E-state index contributed by atoms with van der Waals surface area (Å²) in [6.45, 7) is 6.64. The fourth-order valence-electron chi connectivity index (χ4n) is 5.04. The van der Waals surface area contributed by atoms with Gasteiger partial charge < -0.3 is 10.2 Å². The third-order valence-corrected chi connectivity index (χ3v) is 6.93. The minimum absolute atomic E-state index is 0. The molecule has 2 bridgehead atoms. The third kappa shape index (κ3) is 2.83. The Balaban J connectivity index is 0.00000182. The van der Waals surface area contributed by atoms with Crippen LogP contribution in [0.25, 0.3) is 0 Å². The molecule has 25 heavy (non-hydrogen) atoms. The lowest BCUT2D eigenvalue weighted by Gasteiger charge is -2.38. The van der Waals surface area contributed by atoms with Gasteiger partial charge in [0.05, 0.1) is 0 Å². The number of rotatable bonds is 1. The Hall–Kier alpha value is -1.26. The van der Waals surface area contributed by atoms with Gasteiger partial charge in [0.25, 0.3) is 0 Å². The lowest BCUT2D eigenvalue weighted by atomic mass is 9.81. The van der Waals surface area contributed by atoms with E-state index in [0.29, 0.717) is 18.1 Å². The zero-order chi connectivity index (χ0) is 17.1. The van der Waals surface area contributed by atoms with Gasteiger partial charge in [-0.2, -0.15) is 0 Å². The van der Waals surface area contributed by atoms with Crippen molar-refractivity contribution in [2.45, 2.75) is 76.0 Å². The molecule has 3 atom stereocenters. The molecule has 1 aromatic rings. The monoisotopic (exact) mass is 363 g/mol. The largest absolute Gasteiger partial charge is 0.335 e. The first-order valence-corrected chi connectivity index (χ1v) is 9.30. The van der Waals surface area contributed by atoms with Crippen LogP contribution in [0.15, 0.2) is 24.3 Å². The van der Waals surface area contributed by atoms with Gasteiger partial charge in [0, 0.05) is 35.3 Å². The van der Waals surface area contributed by atoms with E-state index >= 15 is 0 Å². The molecule has 0 aromatic heterocycles. The molecule has 0 aliphatic carbocycles. The molecule has 3 aliphatic rings. The number of para-hydroxylation sites is 1. The first kappa shape index (κ1) is 18.5. The molecule has 3 heterocycles. The van der Waals surface area contributed by atoms with E-state index in [1.165, 1.54) is 18.4 Å². The summed E-state index contributed by atoms with van der Waals surface area (Å²) in [5.74, 6) is 0. The Morgan fingerprint density at radius 3 is 2.40 bits per heavy atom. The summed E-state index contributed by atoms with van der Waals surface area (Å²) >= 11 is 0. The van der Waals surface area contributed by atoms with Crippen LogP contribution in [0.4, 0.5) is 10.5 Å². The molecule has 1 N–H and O–H groups in total. The van der Waals surface area contributed by atoms with Crippen LogP contribution in [0.1, 0.15) is 52.0 Å². The zero-order valence-corrected chi connectivity index (χ0v) is 16.5. The van der Waals surface area contributed by atoms with Gasteiger partial charge in [-0.1, -0.05) is 32.0 Å². The van der Waals surface area contributed by atoms with Crippen LogP contribution < -0.4 is 10.2 Å². The molecule has 3 aliphatic heterocycles. The molecule has 4 nitrogen and oxygen atoms in total. The van der Waals surface area contributed by atoms with Crippen LogP contribution in [0.5, 0.6) is 0 Å². The smallest absolute Gasteiger partial charge is 0.322 e. The minimum atomic E-state index is -0.0141. The van der Waals surface area contributed by atoms with Crippen LogP contribution in [-0.2, 0) is 5.41 Å². The zero-order valence-electron chi connectivity index (χ0n) is 15.7. The Kier molecular flexibility index (Phi) is 4.80. The fraction of sp³-hybridized carbons (Fsp3) is 0.650. The Bertz CT molecular complexity index is 648. The van der Waals surface area contributed by atoms with Crippen molar-refractivity contribution in [1.82, 2.24) is 10.2 Å². The van der Waals surface area contributed by atoms with E-state index in [2.05, 4.69) is 56.2 Å². The maximum absolute atomic E-state index is 13.1. The normalized spacial score (nSPS) is 32.9. The van der Waals surface area contributed by atoms with Gasteiger partial charge in [0.1, 0.15) is 0 Å². The second-order valence-electron chi connectivity index (χ2n) is 8.45. The lowest BCUT2D eigenvalue weighted by Crippen LogP contribution is -2.54. The standard InChI is InChI=1S/C20H29N3O.ClH/c1-13-20(2,3)17-7-5-6-8-18(17)23(13)19(24)21-14-11-15-9-10-16(12-14)22(15)4;/h5-8,13-16H,9-12H2,1-4H3,(H,21,24);1H. The quantitative estimate of drug-likeness (QED) is 0.820. The topological polar surface area (TPSA) is 35.6 Å². The number of urea groups is 1. The average Bonchev–Trinajstić information content (AvgIpc) is 2.88.